The quantitative estimate of drug-likeness (QED) is 0.531. The van der Waals surface area contributed by atoms with Gasteiger partial charge in [0, 0.05) is 22.6 Å². The van der Waals surface area contributed by atoms with Crippen molar-refractivity contribution in [2.24, 2.45) is 4.99 Å². The Balaban J connectivity index is 1.64. The Bertz CT molecular complexity index is 1180. The van der Waals surface area contributed by atoms with Crippen molar-refractivity contribution in [2.45, 2.75) is 20.8 Å². The van der Waals surface area contributed by atoms with E-state index in [0.717, 1.165) is 22.6 Å². The molecule has 1 N–H and O–H groups in total. The van der Waals surface area contributed by atoms with Crippen molar-refractivity contribution in [1.82, 2.24) is 9.88 Å². The number of nitrogens with one attached hydrogen (secondary N) is 1. The zero-order valence-corrected chi connectivity index (χ0v) is 17.9. The van der Waals surface area contributed by atoms with Crippen molar-refractivity contribution in [1.29, 1.82) is 0 Å². The number of hydrogen-bond acceptors (Lipinski definition) is 3. The molecule has 4 nitrogen and oxygen atoms in total. The molecule has 6 heteroatoms. The highest BCUT2D eigenvalue weighted by atomic mass is 35.5. The van der Waals surface area contributed by atoms with E-state index in [0.29, 0.717) is 15.1 Å². The lowest BCUT2D eigenvalue weighted by atomic mass is 10.1. The fourth-order valence-electron chi connectivity index (χ4n) is 3.06. The first-order valence-corrected chi connectivity index (χ1v) is 10.4. The third kappa shape index (κ3) is 4.02. The average Bonchev–Trinajstić information content (AvgIpc) is 3.28. The third-order valence-corrected chi connectivity index (χ3v) is 6.26. The zero-order chi connectivity index (χ0) is 20.5. The summed E-state index contributed by atoms with van der Waals surface area (Å²) in [5.41, 5.74) is 6.12. The van der Waals surface area contributed by atoms with Gasteiger partial charge in [-0.1, -0.05) is 23.7 Å². The van der Waals surface area contributed by atoms with E-state index in [2.05, 4.69) is 46.9 Å². The minimum Gasteiger partial charge on any atom is -0.317 e. The molecule has 1 aromatic heterocycles. The molecular weight excluding hydrogens is 402 g/mol. The second kappa shape index (κ2) is 7.93. The number of halogens is 1. The summed E-state index contributed by atoms with van der Waals surface area (Å²) in [6, 6.07) is 15.9. The molecule has 1 amide bonds. The van der Waals surface area contributed by atoms with Crippen LogP contribution in [0.1, 0.15) is 22.4 Å². The van der Waals surface area contributed by atoms with Gasteiger partial charge in [0.25, 0.3) is 5.91 Å². The van der Waals surface area contributed by atoms with Crippen molar-refractivity contribution in [3.05, 3.63) is 87.0 Å². The standard InChI is InChI=1S/C23H20ClN3OS/c1-14-9-10-18(12-15(14)2)27-11-5-6-17(27)13-21-22(28)26-23(29-21)25-20-8-4-7-19(24)16(20)3/h4-13H,1-3H3,(H,25,26,28)/b21-13+. The summed E-state index contributed by atoms with van der Waals surface area (Å²) in [5.74, 6) is -0.152. The number of amides is 1. The van der Waals surface area contributed by atoms with E-state index in [4.69, 9.17) is 11.6 Å². The lowest BCUT2D eigenvalue weighted by Gasteiger charge is -2.09. The van der Waals surface area contributed by atoms with Crippen molar-refractivity contribution < 1.29 is 4.79 Å². The molecule has 0 spiro atoms. The summed E-state index contributed by atoms with van der Waals surface area (Å²) in [6.07, 6.45) is 3.89. The third-order valence-electron chi connectivity index (χ3n) is 4.94. The molecule has 0 aliphatic carbocycles. The number of aryl methyl sites for hydroxylation is 2. The highest BCUT2D eigenvalue weighted by Crippen LogP contribution is 2.31. The Morgan fingerprint density at radius 2 is 1.90 bits per heavy atom. The van der Waals surface area contributed by atoms with Gasteiger partial charge in [-0.3, -0.25) is 4.79 Å². The molecule has 29 heavy (non-hydrogen) atoms. The van der Waals surface area contributed by atoms with Crippen LogP contribution in [0.4, 0.5) is 5.69 Å². The summed E-state index contributed by atoms with van der Waals surface area (Å²) >= 11 is 7.50. The minimum atomic E-state index is -0.152. The number of hydrogen-bond donors (Lipinski definition) is 1. The number of rotatable bonds is 3. The van der Waals surface area contributed by atoms with E-state index in [-0.39, 0.29) is 5.91 Å². The van der Waals surface area contributed by atoms with E-state index in [9.17, 15) is 4.79 Å². The Kier molecular flexibility index (Phi) is 5.35. The van der Waals surface area contributed by atoms with Crippen molar-refractivity contribution in [3.63, 3.8) is 0 Å². The highest BCUT2D eigenvalue weighted by molar-refractivity contribution is 8.18. The molecule has 1 aliphatic heterocycles. The van der Waals surface area contributed by atoms with Gasteiger partial charge in [0.05, 0.1) is 10.6 Å². The zero-order valence-electron chi connectivity index (χ0n) is 16.4. The summed E-state index contributed by atoms with van der Waals surface area (Å²) in [6.45, 7) is 6.11. The molecule has 0 radical (unpaired) electrons. The van der Waals surface area contributed by atoms with Gasteiger partial charge in [-0.25, -0.2) is 4.99 Å². The lowest BCUT2D eigenvalue weighted by molar-refractivity contribution is -0.115. The van der Waals surface area contributed by atoms with Crippen LogP contribution in [0.5, 0.6) is 0 Å². The number of amidine groups is 1. The molecular formula is C23H20ClN3OS. The van der Waals surface area contributed by atoms with E-state index >= 15 is 0 Å². The Labute approximate surface area is 179 Å². The molecule has 3 aromatic rings. The van der Waals surface area contributed by atoms with Crippen LogP contribution in [0.2, 0.25) is 5.02 Å². The molecule has 2 heterocycles. The van der Waals surface area contributed by atoms with Crippen LogP contribution in [0, 0.1) is 20.8 Å². The largest absolute Gasteiger partial charge is 0.317 e. The average molecular weight is 422 g/mol. The Hall–Kier alpha value is -2.76. The molecule has 4 rings (SSSR count). The van der Waals surface area contributed by atoms with Crippen molar-refractivity contribution in [2.75, 3.05) is 0 Å². The lowest BCUT2D eigenvalue weighted by Crippen LogP contribution is -2.19. The number of nitrogens with zero attached hydrogens (tertiary/aromatic N) is 2. The molecule has 1 fully saturated rings. The van der Waals surface area contributed by atoms with Gasteiger partial charge in [0.2, 0.25) is 0 Å². The predicted octanol–water partition coefficient (Wildman–Crippen LogP) is 5.95. The second-order valence-corrected chi connectivity index (χ2v) is 8.38. The molecule has 0 atom stereocenters. The maximum absolute atomic E-state index is 12.5. The topological polar surface area (TPSA) is 46.4 Å². The molecule has 0 bridgehead atoms. The predicted molar refractivity (Wildman–Crippen MR) is 122 cm³/mol. The number of aliphatic imine (C=N–C) groups is 1. The van der Waals surface area contributed by atoms with Crippen LogP contribution < -0.4 is 5.32 Å². The van der Waals surface area contributed by atoms with Gasteiger partial charge in [0.1, 0.15) is 0 Å². The van der Waals surface area contributed by atoms with Crippen molar-refractivity contribution in [3.8, 4) is 5.69 Å². The minimum absolute atomic E-state index is 0.152. The number of benzene rings is 2. The molecule has 146 valence electrons. The van der Waals surface area contributed by atoms with Crippen LogP contribution in [0.3, 0.4) is 0 Å². The molecule has 1 aliphatic rings. The van der Waals surface area contributed by atoms with E-state index < -0.39 is 0 Å². The Morgan fingerprint density at radius 3 is 2.69 bits per heavy atom. The summed E-state index contributed by atoms with van der Waals surface area (Å²) in [7, 11) is 0. The van der Waals surface area contributed by atoms with E-state index in [1.807, 2.05) is 49.5 Å². The highest BCUT2D eigenvalue weighted by Gasteiger charge is 2.24. The van der Waals surface area contributed by atoms with Gasteiger partial charge in [-0.2, -0.15) is 0 Å². The van der Waals surface area contributed by atoms with Gasteiger partial charge in [0.15, 0.2) is 5.17 Å². The SMILES string of the molecule is Cc1ccc(-n2cccc2/C=C2/SC(=Nc3cccc(Cl)c3C)NC2=O)cc1C. The fraction of sp³-hybridized carbons (Fsp3) is 0.130. The second-order valence-electron chi connectivity index (χ2n) is 6.94. The molecule has 1 saturated heterocycles. The first kappa shape index (κ1) is 19.6. The number of carbonyl (C=O) groups is 1. The summed E-state index contributed by atoms with van der Waals surface area (Å²) < 4.78 is 2.07. The maximum atomic E-state index is 12.5. The summed E-state index contributed by atoms with van der Waals surface area (Å²) in [5, 5.41) is 4.05. The van der Waals surface area contributed by atoms with Crippen LogP contribution in [-0.2, 0) is 4.79 Å². The monoisotopic (exact) mass is 421 g/mol. The molecule has 0 saturated carbocycles. The fourth-order valence-corrected chi connectivity index (χ4v) is 4.05. The van der Waals surface area contributed by atoms with Crippen LogP contribution in [0.15, 0.2) is 64.6 Å². The van der Waals surface area contributed by atoms with E-state index in [1.165, 1.54) is 22.9 Å². The van der Waals surface area contributed by atoms with Gasteiger partial charge in [-0.05, 0) is 91.7 Å². The van der Waals surface area contributed by atoms with Crippen LogP contribution in [0.25, 0.3) is 11.8 Å². The molecule has 0 unspecified atom stereocenters. The van der Waals surface area contributed by atoms with Crippen LogP contribution >= 0.6 is 23.4 Å². The first-order chi connectivity index (χ1) is 13.9. The Morgan fingerprint density at radius 1 is 1.07 bits per heavy atom. The van der Waals surface area contributed by atoms with Gasteiger partial charge in [-0.15, -0.1) is 0 Å². The number of carbonyl (C=O) groups excluding carboxylic acids is 1. The smallest absolute Gasteiger partial charge is 0.264 e. The van der Waals surface area contributed by atoms with Crippen LogP contribution in [-0.4, -0.2) is 15.6 Å². The maximum Gasteiger partial charge on any atom is 0.264 e. The van der Waals surface area contributed by atoms with Crippen molar-refractivity contribution >= 4 is 46.2 Å². The summed E-state index contributed by atoms with van der Waals surface area (Å²) in [4.78, 5) is 17.7. The molecule has 2 aromatic carbocycles. The van der Waals surface area contributed by atoms with E-state index in [1.54, 1.807) is 0 Å². The normalized spacial score (nSPS) is 16.6. The number of thioether (sulfide) groups is 1. The van der Waals surface area contributed by atoms with Gasteiger partial charge >= 0.3 is 0 Å². The number of aromatic nitrogens is 1. The van der Waals surface area contributed by atoms with Gasteiger partial charge < -0.3 is 9.88 Å². The first-order valence-electron chi connectivity index (χ1n) is 9.22.